The fraction of sp³-hybridized carbons (Fsp3) is 0.750. The minimum Gasteiger partial charge on any atom is -0.451 e. The number of hydrogen-bond donors (Lipinski definition) is 0. The number of amides is 1. The monoisotopic (exact) mass is 306 g/mol. The van der Waals surface area contributed by atoms with Crippen LogP contribution >= 0.6 is 0 Å². The van der Waals surface area contributed by atoms with Crippen LogP contribution < -0.4 is 0 Å². The van der Waals surface area contributed by atoms with Gasteiger partial charge in [0.15, 0.2) is 12.1 Å². The Morgan fingerprint density at radius 2 is 2.41 bits per heavy atom. The van der Waals surface area contributed by atoms with Gasteiger partial charge in [0.05, 0.1) is 24.9 Å². The Morgan fingerprint density at radius 3 is 3.18 bits per heavy atom. The molecule has 22 heavy (non-hydrogen) atoms. The molecule has 1 saturated carbocycles. The van der Waals surface area contributed by atoms with Crippen molar-refractivity contribution in [2.24, 2.45) is 5.92 Å². The van der Waals surface area contributed by atoms with E-state index in [1.165, 1.54) is 25.5 Å². The van der Waals surface area contributed by atoms with E-state index in [9.17, 15) is 4.79 Å². The summed E-state index contributed by atoms with van der Waals surface area (Å²) in [4.78, 5) is 18.2. The van der Waals surface area contributed by atoms with E-state index in [-0.39, 0.29) is 17.6 Å². The molecule has 120 valence electrons. The number of hydrogen-bond acceptors (Lipinski definition) is 5. The second kappa shape index (κ2) is 5.66. The lowest BCUT2D eigenvalue weighted by Crippen LogP contribution is -2.50. The van der Waals surface area contributed by atoms with Gasteiger partial charge in [-0.1, -0.05) is 0 Å². The van der Waals surface area contributed by atoms with Gasteiger partial charge in [0.1, 0.15) is 6.26 Å². The van der Waals surface area contributed by atoms with Gasteiger partial charge in [-0.2, -0.15) is 0 Å². The normalized spacial score (nSPS) is 31.8. The number of aromatic nitrogens is 1. The molecular formula is C16H22N2O4. The van der Waals surface area contributed by atoms with Gasteiger partial charge >= 0.3 is 0 Å². The number of piperidine rings is 1. The molecule has 0 bridgehead atoms. The molecule has 3 fully saturated rings. The molecule has 2 saturated heterocycles. The summed E-state index contributed by atoms with van der Waals surface area (Å²) in [5, 5.41) is 0. The Bertz CT molecular complexity index is 528. The maximum Gasteiger partial charge on any atom is 0.275 e. The van der Waals surface area contributed by atoms with Crippen molar-refractivity contribution >= 4 is 5.91 Å². The van der Waals surface area contributed by atoms with Gasteiger partial charge in [-0.3, -0.25) is 4.79 Å². The summed E-state index contributed by atoms with van der Waals surface area (Å²) in [6.45, 7) is 2.90. The smallest absolute Gasteiger partial charge is 0.275 e. The lowest BCUT2D eigenvalue weighted by atomic mass is 9.89. The van der Waals surface area contributed by atoms with E-state index in [1.54, 1.807) is 0 Å². The molecule has 1 aromatic rings. The van der Waals surface area contributed by atoms with Crippen molar-refractivity contribution in [1.82, 2.24) is 9.88 Å². The minimum atomic E-state index is -0.230. The maximum absolute atomic E-state index is 12.4. The van der Waals surface area contributed by atoms with Crippen molar-refractivity contribution in [2.45, 2.75) is 43.8 Å². The molecule has 1 amide bonds. The Kier molecular flexibility index (Phi) is 3.66. The molecule has 6 nitrogen and oxygen atoms in total. The Balaban J connectivity index is 1.37. The van der Waals surface area contributed by atoms with E-state index >= 15 is 0 Å². The first-order valence-corrected chi connectivity index (χ1v) is 8.17. The number of ether oxygens (including phenoxy) is 2. The first-order valence-electron chi connectivity index (χ1n) is 8.17. The van der Waals surface area contributed by atoms with Gasteiger partial charge < -0.3 is 18.8 Å². The molecule has 2 atom stereocenters. The Labute approximate surface area is 129 Å². The summed E-state index contributed by atoms with van der Waals surface area (Å²) in [6.07, 6.45) is 8.33. The third-order valence-corrected chi connectivity index (χ3v) is 4.92. The lowest BCUT2D eigenvalue weighted by Gasteiger charge is -2.39. The van der Waals surface area contributed by atoms with E-state index in [0.717, 1.165) is 38.3 Å². The molecule has 0 N–H and O–H groups in total. The highest BCUT2D eigenvalue weighted by Crippen LogP contribution is 2.37. The van der Waals surface area contributed by atoms with Crippen LogP contribution in [0.4, 0.5) is 0 Å². The second-order valence-electron chi connectivity index (χ2n) is 6.80. The first kappa shape index (κ1) is 14.2. The molecule has 0 radical (unpaired) electrons. The van der Waals surface area contributed by atoms with Gasteiger partial charge in [0, 0.05) is 19.6 Å². The van der Waals surface area contributed by atoms with Crippen molar-refractivity contribution in [3.63, 3.8) is 0 Å². The molecule has 1 aromatic heterocycles. The molecule has 0 aromatic carbocycles. The summed E-state index contributed by atoms with van der Waals surface area (Å²) in [7, 11) is 0. The van der Waals surface area contributed by atoms with Crippen LogP contribution in [0.2, 0.25) is 0 Å². The van der Waals surface area contributed by atoms with Crippen molar-refractivity contribution in [3.05, 3.63) is 18.4 Å². The van der Waals surface area contributed by atoms with Crippen LogP contribution in [0.1, 0.15) is 42.6 Å². The van der Waals surface area contributed by atoms with Crippen LogP contribution in [0.5, 0.6) is 0 Å². The van der Waals surface area contributed by atoms with Crippen LogP contribution in [0.3, 0.4) is 0 Å². The Morgan fingerprint density at radius 1 is 1.50 bits per heavy atom. The van der Waals surface area contributed by atoms with E-state index in [2.05, 4.69) is 4.98 Å². The predicted octanol–water partition coefficient (Wildman–Crippen LogP) is 1.86. The topological polar surface area (TPSA) is 64.8 Å². The third kappa shape index (κ3) is 2.90. The molecule has 4 rings (SSSR count). The molecule has 1 aliphatic carbocycles. The number of carbonyl (C=O) groups excluding carboxylic acids is 1. The summed E-state index contributed by atoms with van der Waals surface area (Å²) in [5.74, 6) is 0.701. The zero-order valence-electron chi connectivity index (χ0n) is 12.7. The maximum atomic E-state index is 12.4. The highest BCUT2D eigenvalue weighted by atomic mass is 16.6. The number of nitrogens with zero attached hydrogens (tertiary/aromatic N) is 2. The van der Waals surface area contributed by atoms with Gasteiger partial charge in [0.25, 0.3) is 5.91 Å². The molecule has 0 unspecified atom stereocenters. The van der Waals surface area contributed by atoms with Gasteiger partial charge in [-0.15, -0.1) is 0 Å². The van der Waals surface area contributed by atoms with E-state index in [4.69, 9.17) is 13.9 Å². The van der Waals surface area contributed by atoms with Crippen molar-refractivity contribution < 1.29 is 18.7 Å². The number of oxazole rings is 1. The van der Waals surface area contributed by atoms with Crippen LogP contribution in [0.15, 0.2) is 17.1 Å². The van der Waals surface area contributed by atoms with Crippen LogP contribution in [-0.2, 0) is 9.47 Å². The number of carbonyl (C=O) groups is 1. The summed E-state index contributed by atoms with van der Waals surface area (Å²) in [5.41, 5.74) is 0.142. The predicted molar refractivity (Wildman–Crippen MR) is 77.4 cm³/mol. The standard InChI is InChI=1S/C16H22N2O4/c19-15(14-9-20-11-17-14)18-5-1-4-16(10-18)6-13(8-22-16)21-7-12-2-3-12/h9,11-13H,1-8,10H2/t13-,16+/m1/s1. The zero-order chi connectivity index (χ0) is 15.0. The molecule has 2 aliphatic heterocycles. The average Bonchev–Trinajstić information content (AvgIpc) is 3.05. The van der Waals surface area contributed by atoms with E-state index < -0.39 is 0 Å². The quantitative estimate of drug-likeness (QED) is 0.849. The average molecular weight is 306 g/mol. The van der Waals surface area contributed by atoms with Crippen molar-refractivity contribution in [2.75, 3.05) is 26.3 Å². The van der Waals surface area contributed by atoms with Crippen molar-refractivity contribution in [3.8, 4) is 0 Å². The first-order chi connectivity index (χ1) is 10.7. The van der Waals surface area contributed by atoms with Crippen molar-refractivity contribution in [1.29, 1.82) is 0 Å². The van der Waals surface area contributed by atoms with Crippen LogP contribution in [0, 0.1) is 5.92 Å². The SMILES string of the molecule is O=C(c1cocn1)N1CCC[C@]2(C[C@@H](OCC3CC3)CO2)C1. The second-order valence-corrected chi connectivity index (χ2v) is 6.80. The molecule has 3 aliphatic rings. The van der Waals surface area contributed by atoms with Gasteiger partial charge in [0.2, 0.25) is 0 Å². The molecule has 3 heterocycles. The third-order valence-electron chi connectivity index (χ3n) is 4.92. The molecule has 6 heteroatoms. The zero-order valence-corrected chi connectivity index (χ0v) is 12.7. The fourth-order valence-electron chi connectivity index (χ4n) is 3.50. The minimum absolute atomic E-state index is 0.0706. The molecular weight excluding hydrogens is 284 g/mol. The lowest BCUT2D eigenvalue weighted by molar-refractivity contribution is -0.0466. The largest absolute Gasteiger partial charge is 0.451 e. The van der Waals surface area contributed by atoms with Gasteiger partial charge in [-0.25, -0.2) is 4.98 Å². The summed E-state index contributed by atoms with van der Waals surface area (Å²) >= 11 is 0. The number of likely N-dealkylation sites (tertiary alicyclic amines) is 1. The van der Waals surface area contributed by atoms with Crippen LogP contribution in [-0.4, -0.2) is 53.8 Å². The summed E-state index contributed by atoms with van der Waals surface area (Å²) in [6, 6.07) is 0. The highest BCUT2D eigenvalue weighted by Gasteiger charge is 2.45. The fourth-order valence-corrected chi connectivity index (χ4v) is 3.50. The molecule has 1 spiro atoms. The van der Waals surface area contributed by atoms with Gasteiger partial charge in [-0.05, 0) is 31.6 Å². The van der Waals surface area contributed by atoms with E-state index in [0.29, 0.717) is 18.8 Å². The van der Waals surface area contributed by atoms with E-state index in [1.807, 2.05) is 4.90 Å². The summed E-state index contributed by atoms with van der Waals surface area (Å²) < 4.78 is 17.0. The Hall–Kier alpha value is -1.40. The number of rotatable bonds is 4. The highest BCUT2D eigenvalue weighted by molar-refractivity contribution is 5.92. The van der Waals surface area contributed by atoms with Crippen LogP contribution in [0.25, 0.3) is 0 Å².